The molecule has 2 aromatic rings. The van der Waals surface area contributed by atoms with Gasteiger partial charge in [0.1, 0.15) is 0 Å². The van der Waals surface area contributed by atoms with Crippen LogP contribution in [0.25, 0.3) is 0 Å². The number of carbonyl (C=O) groups excluding carboxylic acids is 2. The predicted molar refractivity (Wildman–Crippen MR) is 116 cm³/mol. The molecule has 0 saturated carbocycles. The minimum atomic E-state index is -3.72. The molecule has 1 aliphatic rings. The van der Waals surface area contributed by atoms with Crippen LogP contribution in [-0.4, -0.2) is 51.3 Å². The molecule has 8 heteroatoms. The van der Waals surface area contributed by atoms with E-state index in [2.05, 4.69) is 5.32 Å². The lowest BCUT2D eigenvalue weighted by atomic mass is 10.2. The number of hydrogen-bond acceptors (Lipinski definition) is 4. The zero-order valence-corrected chi connectivity index (χ0v) is 17.9. The van der Waals surface area contributed by atoms with Crippen molar-refractivity contribution in [2.45, 2.75) is 31.1 Å². The molecule has 7 nitrogen and oxygen atoms in total. The van der Waals surface area contributed by atoms with Crippen LogP contribution in [0.5, 0.6) is 0 Å². The smallest absolute Gasteiger partial charge is 0.264 e. The molecule has 0 spiro atoms. The van der Waals surface area contributed by atoms with Crippen LogP contribution in [0.15, 0.2) is 59.5 Å². The highest BCUT2D eigenvalue weighted by molar-refractivity contribution is 7.92. The summed E-state index contributed by atoms with van der Waals surface area (Å²) in [5.74, 6) is -0.0862. The topological polar surface area (TPSA) is 86.8 Å². The van der Waals surface area contributed by atoms with Gasteiger partial charge in [0.25, 0.3) is 15.9 Å². The van der Waals surface area contributed by atoms with Gasteiger partial charge in [-0.1, -0.05) is 18.2 Å². The number of hydrogen-bond donors (Lipinski definition) is 1. The van der Waals surface area contributed by atoms with Crippen molar-refractivity contribution in [3.63, 3.8) is 0 Å². The van der Waals surface area contributed by atoms with Gasteiger partial charge in [-0.15, -0.1) is 0 Å². The van der Waals surface area contributed by atoms with Crippen molar-refractivity contribution in [1.29, 1.82) is 0 Å². The van der Waals surface area contributed by atoms with Gasteiger partial charge in [0.2, 0.25) is 5.91 Å². The Balaban J connectivity index is 1.59. The van der Waals surface area contributed by atoms with Gasteiger partial charge in [0, 0.05) is 38.2 Å². The van der Waals surface area contributed by atoms with Crippen molar-refractivity contribution < 1.29 is 18.0 Å². The molecule has 1 fully saturated rings. The molecule has 0 aromatic heterocycles. The third-order valence-electron chi connectivity index (χ3n) is 5.10. The molecule has 2 amide bonds. The Morgan fingerprint density at radius 3 is 2.40 bits per heavy atom. The van der Waals surface area contributed by atoms with Gasteiger partial charge in [0.05, 0.1) is 10.6 Å². The molecular formula is C22H27N3O4S. The first-order valence-electron chi connectivity index (χ1n) is 10.2. The van der Waals surface area contributed by atoms with E-state index >= 15 is 0 Å². The fourth-order valence-electron chi connectivity index (χ4n) is 3.51. The Labute approximate surface area is 177 Å². The van der Waals surface area contributed by atoms with Gasteiger partial charge in [-0.05, 0) is 56.2 Å². The quantitative estimate of drug-likeness (QED) is 0.621. The maximum atomic E-state index is 13.0. The number of likely N-dealkylation sites (tertiary alicyclic amines) is 1. The second-order valence-electron chi connectivity index (χ2n) is 7.12. The SMILES string of the molecule is CCN(c1ccccc1)S(=O)(=O)c1ccc(C(=O)NCCCN2CCCC2=O)cc1. The number of carbonyl (C=O) groups is 2. The van der Waals surface area contributed by atoms with E-state index in [1.165, 1.54) is 28.6 Å². The summed E-state index contributed by atoms with van der Waals surface area (Å²) in [5, 5.41) is 2.82. The van der Waals surface area contributed by atoms with Crippen molar-refractivity contribution in [2.24, 2.45) is 0 Å². The summed E-state index contributed by atoms with van der Waals surface area (Å²) in [4.78, 5) is 25.9. The van der Waals surface area contributed by atoms with Gasteiger partial charge in [-0.25, -0.2) is 8.42 Å². The predicted octanol–water partition coefficient (Wildman–Crippen LogP) is 2.64. The lowest BCUT2D eigenvalue weighted by Crippen LogP contribution is -2.31. The summed E-state index contributed by atoms with van der Waals surface area (Å²) >= 11 is 0. The van der Waals surface area contributed by atoms with Gasteiger partial charge in [-0.3, -0.25) is 13.9 Å². The van der Waals surface area contributed by atoms with Crippen LogP contribution < -0.4 is 9.62 Å². The normalized spacial score (nSPS) is 14.0. The van der Waals surface area contributed by atoms with E-state index in [4.69, 9.17) is 0 Å². The highest BCUT2D eigenvalue weighted by Gasteiger charge is 2.24. The van der Waals surface area contributed by atoms with Crippen LogP contribution in [0.2, 0.25) is 0 Å². The van der Waals surface area contributed by atoms with E-state index in [0.717, 1.165) is 13.0 Å². The Morgan fingerprint density at radius 2 is 1.80 bits per heavy atom. The standard InChI is InChI=1S/C22H27N3O4S/c1-2-25(19-8-4-3-5-9-19)30(28,29)20-13-11-18(12-14-20)22(27)23-15-7-17-24-16-6-10-21(24)26/h3-5,8-9,11-14H,2,6-7,10,15-17H2,1H3,(H,23,27). The Bertz CT molecular complexity index is 975. The largest absolute Gasteiger partial charge is 0.352 e. The van der Waals surface area contributed by atoms with Crippen molar-refractivity contribution >= 4 is 27.5 Å². The molecule has 160 valence electrons. The van der Waals surface area contributed by atoms with E-state index in [9.17, 15) is 18.0 Å². The fraction of sp³-hybridized carbons (Fsp3) is 0.364. The van der Waals surface area contributed by atoms with Crippen molar-refractivity contribution in [2.75, 3.05) is 30.5 Å². The Hall–Kier alpha value is -2.87. The molecule has 30 heavy (non-hydrogen) atoms. The van der Waals surface area contributed by atoms with Gasteiger partial charge in [0.15, 0.2) is 0 Å². The first-order valence-corrected chi connectivity index (χ1v) is 11.6. The number of nitrogens with zero attached hydrogens (tertiary/aromatic N) is 2. The molecule has 1 heterocycles. The van der Waals surface area contributed by atoms with Crippen LogP contribution in [0.4, 0.5) is 5.69 Å². The zero-order valence-electron chi connectivity index (χ0n) is 17.1. The number of para-hydroxylation sites is 1. The number of amides is 2. The summed E-state index contributed by atoms with van der Waals surface area (Å²) in [6.45, 7) is 3.97. The van der Waals surface area contributed by atoms with Crippen LogP contribution in [0.1, 0.15) is 36.5 Å². The van der Waals surface area contributed by atoms with Crippen LogP contribution >= 0.6 is 0 Å². The molecule has 0 unspecified atom stereocenters. The minimum Gasteiger partial charge on any atom is -0.352 e. The van der Waals surface area contributed by atoms with E-state index in [0.29, 0.717) is 43.7 Å². The number of sulfonamides is 1. The lowest BCUT2D eigenvalue weighted by molar-refractivity contribution is -0.127. The van der Waals surface area contributed by atoms with Crippen LogP contribution in [0.3, 0.4) is 0 Å². The monoisotopic (exact) mass is 429 g/mol. The maximum absolute atomic E-state index is 13.0. The molecule has 0 bridgehead atoms. The second-order valence-corrected chi connectivity index (χ2v) is 8.99. The molecule has 3 rings (SSSR count). The van der Waals surface area contributed by atoms with E-state index in [-0.39, 0.29) is 16.7 Å². The third kappa shape index (κ3) is 4.99. The molecule has 1 aliphatic heterocycles. The highest BCUT2D eigenvalue weighted by Crippen LogP contribution is 2.23. The zero-order chi connectivity index (χ0) is 21.6. The van der Waals surface area contributed by atoms with Gasteiger partial charge in [-0.2, -0.15) is 0 Å². The summed E-state index contributed by atoms with van der Waals surface area (Å²) in [5.41, 5.74) is 0.993. The Morgan fingerprint density at radius 1 is 1.10 bits per heavy atom. The first kappa shape index (κ1) is 21.8. The average molecular weight is 430 g/mol. The van der Waals surface area contributed by atoms with Crippen molar-refractivity contribution in [3.8, 4) is 0 Å². The third-order valence-corrected chi connectivity index (χ3v) is 7.01. The van der Waals surface area contributed by atoms with Gasteiger partial charge >= 0.3 is 0 Å². The van der Waals surface area contributed by atoms with Crippen LogP contribution in [0, 0.1) is 0 Å². The second kappa shape index (κ2) is 9.75. The summed E-state index contributed by atoms with van der Waals surface area (Å²) < 4.78 is 27.3. The van der Waals surface area contributed by atoms with Crippen molar-refractivity contribution in [1.82, 2.24) is 10.2 Å². The lowest BCUT2D eigenvalue weighted by Gasteiger charge is -2.23. The Kier molecular flexibility index (Phi) is 7.10. The number of anilines is 1. The number of nitrogens with one attached hydrogen (secondary N) is 1. The number of rotatable bonds is 9. The van der Waals surface area contributed by atoms with Gasteiger partial charge < -0.3 is 10.2 Å². The van der Waals surface area contributed by atoms with E-state index < -0.39 is 10.0 Å². The minimum absolute atomic E-state index is 0.136. The molecule has 0 atom stereocenters. The molecule has 0 aliphatic carbocycles. The molecule has 1 saturated heterocycles. The fourth-order valence-corrected chi connectivity index (χ4v) is 4.98. The molecule has 1 N–H and O–H groups in total. The summed E-state index contributed by atoms with van der Waals surface area (Å²) in [7, 11) is -3.72. The first-order chi connectivity index (χ1) is 14.4. The van der Waals surface area contributed by atoms with E-state index in [1.807, 2.05) is 11.0 Å². The summed E-state index contributed by atoms with van der Waals surface area (Å²) in [6.07, 6.45) is 2.20. The molecular weight excluding hydrogens is 402 g/mol. The van der Waals surface area contributed by atoms with Crippen molar-refractivity contribution in [3.05, 3.63) is 60.2 Å². The molecule has 0 radical (unpaired) electrons. The van der Waals surface area contributed by atoms with E-state index in [1.54, 1.807) is 31.2 Å². The average Bonchev–Trinajstić information content (AvgIpc) is 3.17. The highest BCUT2D eigenvalue weighted by atomic mass is 32.2. The maximum Gasteiger partial charge on any atom is 0.264 e. The molecule has 2 aromatic carbocycles. The van der Waals surface area contributed by atoms with Crippen LogP contribution in [-0.2, 0) is 14.8 Å². The number of benzene rings is 2. The summed E-state index contributed by atoms with van der Waals surface area (Å²) in [6, 6.07) is 14.9.